The number of pyridine rings is 1. The normalized spacial score (nSPS) is 29.9. The van der Waals surface area contributed by atoms with E-state index in [4.69, 9.17) is 16.7 Å². The van der Waals surface area contributed by atoms with Crippen molar-refractivity contribution < 1.29 is 9.90 Å². The van der Waals surface area contributed by atoms with Gasteiger partial charge in [-0.2, -0.15) is 0 Å². The molecule has 4 bridgehead atoms. The zero-order chi connectivity index (χ0) is 20.3. The highest BCUT2D eigenvalue weighted by Crippen LogP contribution is 2.59. The Morgan fingerprint density at radius 3 is 2.41 bits per heavy atom. The predicted molar refractivity (Wildman–Crippen MR) is 114 cm³/mol. The number of amides is 1. The van der Waals surface area contributed by atoms with Gasteiger partial charge in [0.1, 0.15) is 0 Å². The summed E-state index contributed by atoms with van der Waals surface area (Å²) in [6, 6.07) is 1.80. The predicted octanol–water partition coefficient (Wildman–Crippen LogP) is 2.35. The van der Waals surface area contributed by atoms with Gasteiger partial charge in [0.15, 0.2) is 0 Å². The van der Waals surface area contributed by atoms with Crippen LogP contribution in [0.15, 0.2) is 12.3 Å². The van der Waals surface area contributed by atoms with Gasteiger partial charge in [-0.25, -0.2) is 0 Å². The minimum absolute atomic E-state index is 0.0843. The van der Waals surface area contributed by atoms with Crippen molar-refractivity contribution in [3.8, 4) is 0 Å². The monoisotopic (exact) mass is 420 g/mol. The van der Waals surface area contributed by atoms with E-state index in [1.54, 1.807) is 12.3 Å². The van der Waals surface area contributed by atoms with Crippen LogP contribution in [0.5, 0.6) is 0 Å². The Kier molecular flexibility index (Phi) is 6.74. The van der Waals surface area contributed by atoms with Gasteiger partial charge in [-0.3, -0.25) is 9.78 Å². The molecule has 0 aliphatic heterocycles. The van der Waals surface area contributed by atoms with Crippen LogP contribution in [0.2, 0.25) is 5.02 Å². The molecule has 4 aliphatic carbocycles. The van der Waals surface area contributed by atoms with Gasteiger partial charge in [0.2, 0.25) is 0 Å². The molecule has 7 heteroatoms. The Bertz CT molecular complexity index is 691. The Balaban J connectivity index is 1.30. The number of carbonyl (C=O) groups excluding carboxylic acids is 1. The summed E-state index contributed by atoms with van der Waals surface area (Å²) in [5, 5.41) is 18.8. The van der Waals surface area contributed by atoms with E-state index in [9.17, 15) is 4.79 Å². The number of rotatable bonds is 10. The molecule has 4 N–H and O–H groups in total. The SMILES string of the molecule is O=C(NCC12CC3CC(CC(C3)C1)C2)c1cc(CNCCNCCO)ncc1Cl. The van der Waals surface area contributed by atoms with E-state index >= 15 is 0 Å². The summed E-state index contributed by atoms with van der Waals surface area (Å²) in [7, 11) is 0. The fourth-order valence-corrected chi connectivity index (χ4v) is 6.41. The average Bonchev–Trinajstić information content (AvgIpc) is 2.69. The zero-order valence-electron chi connectivity index (χ0n) is 17.1. The largest absolute Gasteiger partial charge is 0.395 e. The van der Waals surface area contributed by atoms with E-state index in [2.05, 4.69) is 20.9 Å². The third-order valence-electron chi connectivity index (χ3n) is 7.02. The Labute approximate surface area is 178 Å². The quantitative estimate of drug-likeness (QED) is 0.436. The van der Waals surface area contributed by atoms with Crippen LogP contribution in [-0.2, 0) is 6.54 Å². The highest BCUT2D eigenvalue weighted by atomic mass is 35.5. The average molecular weight is 421 g/mol. The van der Waals surface area contributed by atoms with Crippen molar-refractivity contribution in [3.05, 3.63) is 28.5 Å². The molecule has 4 aliphatic rings. The summed E-state index contributed by atoms with van der Waals surface area (Å²) in [4.78, 5) is 17.2. The summed E-state index contributed by atoms with van der Waals surface area (Å²) in [6.45, 7) is 3.62. The van der Waals surface area contributed by atoms with Crippen LogP contribution in [0.25, 0.3) is 0 Å². The molecule has 6 nitrogen and oxygen atoms in total. The van der Waals surface area contributed by atoms with Crippen molar-refractivity contribution in [1.82, 2.24) is 20.9 Å². The van der Waals surface area contributed by atoms with E-state index in [1.807, 2.05) is 0 Å². The second-order valence-electron chi connectivity index (χ2n) is 9.41. The maximum atomic E-state index is 12.9. The molecule has 4 saturated carbocycles. The summed E-state index contributed by atoms with van der Waals surface area (Å²) in [5.74, 6) is 2.56. The van der Waals surface area contributed by atoms with E-state index in [1.165, 1.54) is 38.5 Å². The molecule has 1 amide bonds. The van der Waals surface area contributed by atoms with Gasteiger partial charge >= 0.3 is 0 Å². The molecule has 5 rings (SSSR count). The van der Waals surface area contributed by atoms with Crippen molar-refractivity contribution in [2.24, 2.45) is 23.2 Å². The first-order chi connectivity index (χ1) is 14.1. The van der Waals surface area contributed by atoms with Gasteiger partial charge in [0.25, 0.3) is 5.91 Å². The number of hydrogen-bond donors (Lipinski definition) is 4. The van der Waals surface area contributed by atoms with Crippen LogP contribution in [0.4, 0.5) is 0 Å². The lowest BCUT2D eigenvalue weighted by molar-refractivity contribution is -0.0503. The number of halogens is 1. The first-order valence-corrected chi connectivity index (χ1v) is 11.4. The third-order valence-corrected chi connectivity index (χ3v) is 7.32. The fourth-order valence-electron chi connectivity index (χ4n) is 6.22. The van der Waals surface area contributed by atoms with E-state index in [-0.39, 0.29) is 12.5 Å². The van der Waals surface area contributed by atoms with E-state index in [0.717, 1.165) is 43.1 Å². The fraction of sp³-hybridized carbons (Fsp3) is 0.727. The van der Waals surface area contributed by atoms with Crippen LogP contribution in [0, 0.1) is 23.2 Å². The zero-order valence-corrected chi connectivity index (χ0v) is 17.8. The maximum absolute atomic E-state index is 12.9. The molecule has 0 atom stereocenters. The molecule has 29 heavy (non-hydrogen) atoms. The minimum Gasteiger partial charge on any atom is -0.395 e. The molecule has 1 heterocycles. The Morgan fingerprint density at radius 2 is 1.76 bits per heavy atom. The first-order valence-electron chi connectivity index (χ1n) is 11.0. The van der Waals surface area contributed by atoms with Crippen LogP contribution in [0.1, 0.15) is 54.6 Å². The second-order valence-corrected chi connectivity index (χ2v) is 9.81. The summed E-state index contributed by atoms with van der Waals surface area (Å²) in [6.07, 6.45) is 9.65. The van der Waals surface area contributed by atoms with Crippen molar-refractivity contribution in [2.75, 3.05) is 32.8 Å². The van der Waals surface area contributed by atoms with Crippen LogP contribution < -0.4 is 16.0 Å². The summed E-state index contributed by atoms with van der Waals surface area (Å²) >= 11 is 6.29. The van der Waals surface area contributed by atoms with Crippen molar-refractivity contribution in [2.45, 2.75) is 45.1 Å². The standard InChI is InChI=1S/C22H33ClN4O2/c23-20-13-26-18(12-25-2-1-24-3-4-28)8-19(20)21(29)27-14-22-9-15-5-16(10-22)7-17(6-15)11-22/h8,13,15-17,24-25,28H,1-7,9-12,14H2,(H,27,29). The number of hydrogen-bond acceptors (Lipinski definition) is 5. The lowest BCUT2D eigenvalue weighted by atomic mass is 9.49. The highest BCUT2D eigenvalue weighted by molar-refractivity contribution is 6.33. The third kappa shape index (κ3) is 5.10. The molecule has 1 aromatic heterocycles. The maximum Gasteiger partial charge on any atom is 0.252 e. The highest BCUT2D eigenvalue weighted by Gasteiger charge is 2.50. The topological polar surface area (TPSA) is 86.3 Å². The summed E-state index contributed by atoms with van der Waals surface area (Å²) in [5.41, 5.74) is 1.63. The number of aromatic nitrogens is 1. The van der Waals surface area contributed by atoms with Crippen molar-refractivity contribution in [1.29, 1.82) is 0 Å². The molecule has 160 valence electrons. The van der Waals surface area contributed by atoms with Gasteiger partial charge in [-0.15, -0.1) is 0 Å². The molecule has 1 aromatic rings. The molecule has 0 saturated heterocycles. The lowest BCUT2D eigenvalue weighted by Crippen LogP contribution is -2.51. The first kappa shape index (κ1) is 21.0. The molecule has 0 unspecified atom stereocenters. The molecule has 0 spiro atoms. The molecule has 0 radical (unpaired) electrons. The van der Waals surface area contributed by atoms with Gasteiger partial charge < -0.3 is 21.1 Å². The number of nitrogens with zero attached hydrogens (tertiary/aromatic N) is 1. The number of aliphatic hydroxyl groups excluding tert-OH is 1. The van der Waals surface area contributed by atoms with Gasteiger partial charge in [-0.05, 0) is 67.8 Å². The molecule has 0 aromatic carbocycles. The van der Waals surface area contributed by atoms with Gasteiger partial charge in [0, 0.05) is 38.9 Å². The second kappa shape index (κ2) is 9.29. The smallest absolute Gasteiger partial charge is 0.252 e. The minimum atomic E-state index is -0.0843. The van der Waals surface area contributed by atoms with Gasteiger partial charge in [0.05, 0.1) is 22.9 Å². The van der Waals surface area contributed by atoms with Gasteiger partial charge in [-0.1, -0.05) is 11.6 Å². The van der Waals surface area contributed by atoms with Crippen molar-refractivity contribution in [3.63, 3.8) is 0 Å². The number of nitrogens with one attached hydrogen (secondary N) is 3. The molecular formula is C22H33ClN4O2. The summed E-state index contributed by atoms with van der Waals surface area (Å²) < 4.78 is 0. The Morgan fingerprint density at radius 1 is 1.10 bits per heavy atom. The molecular weight excluding hydrogens is 388 g/mol. The lowest BCUT2D eigenvalue weighted by Gasteiger charge is -2.56. The van der Waals surface area contributed by atoms with Crippen molar-refractivity contribution >= 4 is 17.5 Å². The van der Waals surface area contributed by atoms with E-state index in [0.29, 0.717) is 29.1 Å². The number of carbonyl (C=O) groups is 1. The Hall–Kier alpha value is -1.21. The number of aliphatic hydroxyl groups is 1. The molecule has 4 fully saturated rings. The van der Waals surface area contributed by atoms with Crippen LogP contribution >= 0.6 is 11.6 Å². The van der Waals surface area contributed by atoms with E-state index < -0.39 is 0 Å². The van der Waals surface area contributed by atoms with Crippen LogP contribution in [-0.4, -0.2) is 48.8 Å². The van der Waals surface area contributed by atoms with Crippen LogP contribution in [0.3, 0.4) is 0 Å².